The van der Waals surface area contributed by atoms with E-state index >= 15 is 0 Å². The zero-order chi connectivity index (χ0) is 22.4. The van der Waals surface area contributed by atoms with Crippen LogP contribution in [0.15, 0.2) is 53.4 Å². The highest BCUT2D eigenvalue weighted by Crippen LogP contribution is 2.23. The molecule has 0 radical (unpaired) electrons. The van der Waals surface area contributed by atoms with Crippen LogP contribution in [0.3, 0.4) is 0 Å². The lowest BCUT2D eigenvalue weighted by Gasteiger charge is -2.29. The van der Waals surface area contributed by atoms with Crippen molar-refractivity contribution >= 4 is 27.6 Å². The van der Waals surface area contributed by atoms with Crippen molar-refractivity contribution < 1.29 is 22.7 Å². The molecule has 0 spiro atoms. The number of carbonyl (C=O) groups is 2. The second kappa shape index (κ2) is 9.73. The largest absolute Gasteiger partial charge is 0.452 e. The fourth-order valence-electron chi connectivity index (χ4n) is 3.22. The first kappa shape index (κ1) is 22.5. The van der Waals surface area contributed by atoms with Gasteiger partial charge in [-0.15, -0.1) is 0 Å². The van der Waals surface area contributed by atoms with Crippen molar-refractivity contribution in [2.45, 2.75) is 24.7 Å². The van der Waals surface area contributed by atoms with E-state index in [1.165, 1.54) is 34.6 Å². The van der Waals surface area contributed by atoms with E-state index in [9.17, 15) is 18.0 Å². The van der Waals surface area contributed by atoms with E-state index in [-0.39, 0.29) is 10.5 Å². The van der Waals surface area contributed by atoms with E-state index in [2.05, 4.69) is 12.2 Å². The summed E-state index contributed by atoms with van der Waals surface area (Å²) in [7, 11) is -3.60. The Balaban J connectivity index is 1.56. The van der Waals surface area contributed by atoms with Gasteiger partial charge in [0.15, 0.2) is 6.61 Å². The SMILES string of the molecule is CC1CCN(S(=O)(=O)c2ccc(C(=O)OCC(=O)Nc3cccc(C#N)c3)cc2)CC1. The molecule has 0 aliphatic carbocycles. The van der Waals surface area contributed by atoms with Crippen LogP contribution in [0.4, 0.5) is 5.69 Å². The highest BCUT2D eigenvalue weighted by atomic mass is 32.2. The van der Waals surface area contributed by atoms with Gasteiger partial charge in [0, 0.05) is 18.8 Å². The molecule has 2 aromatic rings. The normalized spacial score (nSPS) is 15.1. The van der Waals surface area contributed by atoms with Gasteiger partial charge in [-0.1, -0.05) is 13.0 Å². The van der Waals surface area contributed by atoms with Gasteiger partial charge in [-0.05, 0) is 61.2 Å². The van der Waals surface area contributed by atoms with Gasteiger partial charge in [-0.25, -0.2) is 13.2 Å². The van der Waals surface area contributed by atoms with Gasteiger partial charge >= 0.3 is 5.97 Å². The quantitative estimate of drug-likeness (QED) is 0.689. The summed E-state index contributed by atoms with van der Waals surface area (Å²) >= 11 is 0. The predicted molar refractivity (Wildman–Crippen MR) is 114 cm³/mol. The number of sulfonamides is 1. The summed E-state index contributed by atoms with van der Waals surface area (Å²) in [6.45, 7) is 2.56. The summed E-state index contributed by atoms with van der Waals surface area (Å²) < 4.78 is 32.0. The molecule has 1 heterocycles. The fraction of sp³-hybridized carbons (Fsp3) is 0.318. The van der Waals surface area contributed by atoms with Gasteiger partial charge in [0.1, 0.15) is 0 Å². The highest BCUT2D eigenvalue weighted by Gasteiger charge is 2.28. The molecule has 0 bridgehead atoms. The number of ether oxygens (including phenoxy) is 1. The van der Waals surface area contributed by atoms with Crippen LogP contribution in [-0.4, -0.2) is 44.3 Å². The van der Waals surface area contributed by atoms with E-state index in [1.807, 2.05) is 6.07 Å². The third kappa shape index (κ3) is 5.69. The zero-order valence-electron chi connectivity index (χ0n) is 17.1. The highest BCUT2D eigenvalue weighted by molar-refractivity contribution is 7.89. The first-order valence-electron chi connectivity index (χ1n) is 9.87. The number of amides is 1. The van der Waals surface area contributed by atoms with Crippen molar-refractivity contribution in [3.63, 3.8) is 0 Å². The molecular weight excluding hydrogens is 418 g/mol. The van der Waals surface area contributed by atoms with Crippen molar-refractivity contribution in [3.05, 3.63) is 59.7 Å². The number of piperidine rings is 1. The second-order valence-corrected chi connectivity index (χ2v) is 9.37. The summed E-state index contributed by atoms with van der Waals surface area (Å²) in [4.78, 5) is 24.3. The third-order valence-electron chi connectivity index (χ3n) is 5.08. The van der Waals surface area contributed by atoms with E-state index < -0.39 is 28.5 Å². The third-order valence-corrected chi connectivity index (χ3v) is 6.99. The fourth-order valence-corrected chi connectivity index (χ4v) is 4.69. The number of nitrogens with one attached hydrogen (secondary N) is 1. The minimum absolute atomic E-state index is 0.119. The Morgan fingerprint density at radius 2 is 1.84 bits per heavy atom. The second-order valence-electron chi connectivity index (χ2n) is 7.43. The minimum atomic E-state index is -3.60. The van der Waals surface area contributed by atoms with E-state index in [0.717, 1.165) is 12.8 Å². The molecule has 1 N–H and O–H groups in total. The molecule has 1 aliphatic rings. The maximum atomic E-state index is 12.7. The molecule has 9 heteroatoms. The number of hydrogen-bond donors (Lipinski definition) is 1. The van der Waals surface area contributed by atoms with Crippen LogP contribution < -0.4 is 5.32 Å². The summed E-state index contributed by atoms with van der Waals surface area (Å²) in [6, 6.07) is 13.8. The van der Waals surface area contributed by atoms with Crippen LogP contribution >= 0.6 is 0 Å². The maximum Gasteiger partial charge on any atom is 0.338 e. The molecule has 1 amide bonds. The van der Waals surface area contributed by atoms with E-state index in [4.69, 9.17) is 10.00 Å². The number of esters is 1. The number of hydrogen-bond acceptors (Lipinski definition) is 6. The van der Waals surface area contributed by atoms with Crippen LogP contribution in [-0.2, 0) is 19.6 Å². The molecule has 31 heavy (non-hydrogen) atoms. The van der Waals surface area contributed by atoms with Gasteiger partial charge in [-0.3, -0.25) is 4.79 Å². The number of anilines is 1. The monoisotopic (exact) mass is 441 g/mol. The van der Waals surface area contributed by atoms with Crippen molar-refractivity contribution in [3.8, 4) is 6.07 Å². The average Bonchev–Trinajstić information content (AvgIpc) is 2.78. The number of carbonyl (C=O) groups excluding carboxylic acids is 2. The van der Waals surface area contributed by atoms with Gasteiger partial charge in [0.05, 0.1) is 22.1 Å². The van der Waals surface area contributed by atoms with Gasteiger partial charge < -0.3 is 10.1 Å². The van der Waals surface area contributed by atoms with Crippen LogP contribution in [0, 0.1) is 17.2 Å². The van der Waals surface area contributed by atoms with Crippen LogP contribution in [0.5, 0.6) is 0 Å². The molecule has 0 atom stereocenters. The van der Waals surface area contributed by atoms with Crippen molar-refractivity contribution in [1.82, 2.24) is 4.31 Å². The topological polar surface area (TPSA) is 117 Å². The Hall–Kier alpha value is -3.22. The Labute approximate surface area is 181 Å². The van der Waals surface area contributed by atoms with Gasteiger partial charge in [0.2, 0.25) is 10.0 Å². The number of nitrogens with zero attached hydrogens (tertiary/aromatic N) is 2. The molecule has 3 rings (SSSR count). The zero-order valence-corrected chi connectivity index (χ0v) is 17.9. The molecule has 1 saturated heterocycles. The van der Waals surface area contributed by atoms with E-state index in [1.54, 1.807) is 18.2 Å². The van der Waals surface area contributed by atoms with Crippen molar-refractivity contribution in [1.29, 1.82) is 5.26 Å². The van der Waals surface area contributed by atoms with Crippen molar-refractivity contribution in [2.24, 2.45) is 5.92 Å². The summed E-state index contributed by atoms with van der Waals surface area (Å²) in [5.74, 6) is -0.783. The Kier molecular flexibility index (Phi) is 7.05. The van der Waals surface area contributed by atoms with Gasteiger partial charge in [0.25, 0.3) is 5.91 Å². The van der Waals surface area contributed by atoms with Crippen LogP contribution in [0.25, 0.3) is 0 Å². The molecular formula is C22H23N3O5S. The Morgan fingerprint density at radius 3 is 2.48 bits per heavy atom. The number of benzene rings is 2. The lowest BCUT2D eigenvalue weighted by molar-refractivity contribution is -0.119. The number of nitriles is 1. The van der Waals surface area contributed by atoms with Gasteiger partial charge in [-0.2, -0.15) is 9.57 Å². The predicted octanol–water partition coefficient (Wildman–Crippen LogP) is 2.77. The standard InChI is InChI=1S/C22H23N3O5S/c1-16-9-11-25(12-10-16)31(28,29)20-7-5-18(6-8-20)22(27)30-15-21(26)24-19-4-2-3-17(13-19)14-23/h2-8,13,16H,9-12,15H2,1H3,(H,24,26). The first-order valence-corrected chi connectivity index (χ1v) is 11.3. The Morgan fingerprint density at radius 1 is 1.16 bits per heavy atom. The molecule has 2 aromatic carbocycles. The molecule has 0 unspecified atom stereocenters. The van der Waals surface area contributed by atoms with Crippen molar-refractivity contribution in [2.75, 3.05) is 25.0 Å². The molecule has 162 valence electrons. The number of rotatable bonds is 6. The average molecular weight is 442 g/mol. The smallest absolute Gasteiger partial charge is 0.338 e. The molecule has 1 fully saturated rings. The minimum Gasteiger partial charge on any atom is -0.452 e. The molecule has 0 saturated carbocycles. The molecule has 0 aromatic heterocycles. The lowest BCUT2D eigenvalue weighted by atomic mass is 10.0. The lowest BCUT2D eigenvalue weighted by Crippen LogP contribution is -2.37. The maximum absolute atomic E-state index is 12.7. The molecule has 1 aliphatic heterocycles. The summed E-state index contributed by atoms with van der Waals surface area (Å²) in [6.07, 6.45) is 1.65. The van der Waals surface area contributed by atoms with Crippen LogP contribution in [0.1, 0.15) is 35.7 Å². The van der Waals surface area contributed by atoms with E-state index in [0.29, 0.717) is 30.3 Å². The Bertz CT molecular complexity index is 1100. The van der Waals surface area contributed by atoms with Crippen LogP contribution in [0.2, 0.25) is 0 Å². The first-order chi connectivity index (χ1) is 14.8. The summed E-state index contributed by atoms with van der Waals surface area (Å²) in [5, 5.41) is 11.4. The molecule has 8 nitrogen and oxygen atoms in total. The summed E-state index contributed by atoms with van der Waals surface area (Å²) in [5.41, 5.74) is 0.955.